The summed E-state index contributed by atoms with van der Waals surface area (Å²) in [6.45, 7) is 3.39. The van der Waals surface area contributed by atoms with E-state index < -0.39 is 10.0 Å². The van der Waals surface area contributed by atoms with E-state index in [1.165, 1.54) is 10.5 Å². The van der Waals surface area contributed by atoms with Gasteiger partial charge in [-0.1, -0.05) is 0 Å². The molecule has 0 amide bonds. The molecule has 0 bridgehead atoms. The van der Waals surface area contributed by atoms with Crippen molar-refractivity contribution in [2.24, 2.45) is 0 Å². The first-order chi connectivity index (χ1) is 9.62. The number of rotatable bonds is 2. The zero-order valence-electron chi connectivity index (χ0n) is 11.3. The van der Waals surface area contributed by atoms with Gasteiger partial charge in [0.2, 0.25) is 10.0 Å². The lowest BCUT2D eigenvalue weighted by atomic mass is 9.91. The van der Waals surface area contributed by atoms with Crippen molar-refractivity contribution >= 4 is 10.0 Å². The Morgan fingerprint density at radius 1 is 1.35 bits per heavy atom. The number of nitrogens with zero attached hydrogens (tertiary/aromatic N) is 2. The van der Waals surface area contributed by atoms with E-state index in [9.17, 15) is 8.42 Å². The van der Waals surface area contributed by atoms with E-state index in [1.807, 2.05) is 0 Å². The van der Waals surface area contributed by atoms with Gasteiger partial charge in [-0.3, -0.25) is 4.98 Å². The molecular weight excluding hydrogens is 278 g/mol. The van der Waals surface area contributed by atoms with Crippen molar-refractivity contribution in [3.8, 4) is 0 Å². The van der Waals surface area contributed by atoms with E-state index in [0.717, 1.165) is 25.9 Å². The molecule has 3 rings (SSSR count). The predicted octanol–water partition coefficient (Wildman–Crippen LogP) is 0.225. The van der Waals surface area contributed by atoms with Crippen LogP contribution in [0.5, 0.6) is 0 Å². The van der Waals surface area contributed by atoms with Gasteiger partial charge < -0.3 is 10.1 Å². The fourth-order valence-corrected chi connectivity index (χ4v) is 4.22. The lowest BCUT2D eigenvalue weighted by Gasteiger charge is -2.43. The minimum atomic E-state index is -3.42. The topological polar surface area (TPSA) is 71.5 Å². The van der Waals surface area contributed by atoms with Gasteiger partial charge in [0.25, 0.3) is 0 Å². The second kappa shape index (κ2) is 5.40. The van der Waals surface area contributed by atoms with Gasteiger partial charge in [0.05, 0.1) is 12.2 Å². The third-order valence-electron chi connectivity index (χ3n) is 4.04. The molecule has 1 aromatic rings. The van der Waals surface area contributed by atoms with Crippen LogP contribution in [-0.4, -0.2) is 56.1 Å². The molecule has 0 unspecified atom stereocenters. The van der Waals surface area contributed by atoms with Crippen LogP contribution in [-0.2, 0) is 14.8 Å². The molecule has 2 aliphatic heterocycles. The highest BCUT2D eigenvalue weighted by molar-refractivity contribution is 7.89. The predicted molar refractivity (Wildman–Crippen MR) is 73.8 cm³/mol. The Bertz CT molecular complexity index is 545. The molecule has 2 saturated heterocycles. The van der Waals surface area contributed by atoms with Gasteiger partial charge >= 0.3 is 0 Å². The fraction of sp³-hybridized carbons (Fsp3) is 0.615. The molecule has 3 heterocycles. The molecule has 7 heteroatoms. The van der Waals surface area contributed by atoms with Crippen molar-refractivity contribution in [1.29, 1.82) is 0 Å². The molecule has 2 aliphatic rings. The number of nitrogens with one attached hydrogen (secondary N) is 1. The number of morpholine rings is 1. The summed E-state index contributed by atoms with van der Waals surface area (Å²) in [4.78, 5) is 4.15. The Labute approximate surface area is 119 Å². The van der Waals surface area contributed by atoms with Crippen LogP contribution in [0.15, 0.2) is 29.4 Å². The second-order valence-corrected chi connectivity index (χ2v) is 7.24. The molecule has 1 aromatic heterocycles. The quantitative estimate of drug-likeness (QED) is 0.846. The molecule has 110 valence electrons. The molecule has 0 aliphatic carbocycles. The largest absolute Gasteiger partial charge is 0.372 e. The summed E-state index contributed by atoms with van der Waals surface area (Å²) in [5.41, 5.74) is -0.181. The second-order valence-electron chi connectivity index (χ2n) is 5.30. The van der Waals surface area contributed by atoms with E-state index in [1.54, 1.807) is 18.3 Å². The third-order valence-corrected chi connectivity index (χ3v) is 5.92. The lowest BCUT2D eigenvalue weighted by molar-refractivity contribution is -0.0915. The number of ether oxygens (including phenoxy) is 1. The van der Waals surface area contributed by atoms with Crippen LogP contribution in [0.4, 0.5) is 0 Å². The van der Waals surface area contributed by atoms with Crippen molar-refractivity contribution in [2.45, 2.75) is 23.3 Å². The smallest absolute Gasteiger partial charge is 0.244 e. The van der Waals surface area contributed by atoms with Crippen LogP contribution in [0.2, 0.25) is 0 Å². The minimum absolute atomic E-state index is 0.181. The van der Waals surface area contributed by atoms with E-state index >= 15 is 0 Å². The first kappa shape index (κ1) is 13.9. The summed E-state index contributed by atoms with van der Waals surface area (Å²) in [6.07, 6.45) is 4.45. The average molecular weight is 297 g/mol. The summed E-state index contributed by atoms with van der Waals surface area (Å²) < 4.78 is 32.4. The average Bonchev–Trinajstić information content (AvgIpc) is 2.49. The number of piperidine rings is 1. The standard InChI is InChI=1S/C13H19N3O3S/c17-20(18,12-2-1-5-14-10-12)16-7-3-13(4-8-16)11-15-6-9-19-13/h1-2,5,10,15H,3-4,6-9,11H2. The van der Waals surface area contributed by atoms with E-state index in [-0.39, 0.29) is 10.5 Å². The van der Waals surface area contributed by atoms with Gasteiger partial charge in [-0.2, -0.15) is 4.31 Å². The van der Waals surface area contributed by atoms with Crippen molar-refractivity contribution in [3.05, 3.63) is 24.5 Å². The van der Waals surface area contributed by atoms with Crippen LogP contribution < -0.4 is 5.32 Å². The molecule has 0 aromatic carbocycles. The van der Waals surface area contributed by atoms with Gasteiger partial charge in [0.15, 0.2) is 0 Å². The molecule has 1 spiro atoms. The number of aromatic nitrogens is 1. The van der Waals surface area contributed by atoms with Gasteiger partial charge in [0.1, 0.15) is 4.90 Å². The maximum Gasteiger partial charge on any atom is 0.244 e. The van der Waals surface area contributed by atoms with Crippen molar-refractivity contribution in [1.82, 2.24) is 14.6 Å². The van der Waals surface area contributed by atoms with Crippen LogP contribution in [0.3, 0.4) is 0 Å². The summed E-state index contributed by atoms with van der Waals surface area (Å²) in [7, 11) is -3.42. The van der Waals surface area contributed by atoms with Gasteiger partial charge in [0, 0.05) is 38.6 Å². The Morgan fingerprint density at radius 3 is 2.75 bits per heavy atom. The fourth-order valence-electron chi connectivity index (χ4n) is 2.81. The molecule has 1 N–H and O–H groups in total. The number of hydrogen-bond donors (Lipinski definition) is 1. The molecular formula is C13H19N3O3S. The van der Waals surface area contributed by atoms with Crippen molar-refractivity contribution < 1.29 is 13.2 Å². The first-order valence-corrected chi connectivity index (χ1v) is 8.31. The molecule has 2 fully saturated rings. The zero-order valence-corrected chi connectivity index (χ0v) is 12.1. The zero-order chi connectivity index (χ0) is 14.1. The highest BCUT2D eigenvalue weighted by Gasteiger charge is 2.40. The Morgan fingerprint density at radius 2 is 2.15 bits per heavy atom. The van der Waals surface area contributed by atoms with Crippen LogP contribution in [0, 0.1) is 0 Å². The van der Waals surface area contributed by atoms with E-state index in [4.69, 9.17) is 4.74 Å². The van der Waals surface area contributed by atoms with E-state index in [2.05, 4.69) is 10.3 Å². The van der Waals surface area contributed by atoms with Crippen LogP contribution in [0.25, 0.3) is 0 Å². The van der Waals surface area contributed by atoms with Gasteiger partial charge in [-0.25, -0.2) is 8.42 Å². The molecule has 0 saturated carbocycles. The maximum atomic E-state index is 12.5. The molecule has 6 nitrogen and oxygen atoms in total. The normalized spacial score (nSPS) is 23.8. The van der Waals surface area contributed by atoms with Crippen molar-refractivity contribution in [2.75, 3.05) is 32.8 Å². The summed E-state index contributed by atoms with van der Waals surface area (Å²) >= 11 is 0. The first-order valence-electron chi connectivity index (χ1n) is 6.87. The van der Waals surface area contributed by atoms with Gasteiger partial charge in [-0.05, 0) is 25.0 Å². The summed E-state index contributed by atoms with van der Waals surface area (Å²) in [5, 5.41) is 3.33. The molecule has 0 atom stereocenters. The lowest BCUT2D eigenvalue weighted by Crippen LogP contribution is -2.56. The molecule has 0 radical (unpaired) electrons. The number of hydrogen-bond acceptors (Lipinski definition) is 5. The Balaban J connectivity index is 1.72. The van der Waals surface area contributed by atoms with Crippen LogP contribution in [0.1, 0.15) is 12.8 Å². The number of sulfonamides is 1. The van der Waals surface area contributed by atoms with E-state index in [0.29, 0.717) is 19.7 Å². The Kier molecular flexibility index (Phi) is 3.76. The minimum Gasteiger partial charge on any atom is -0.372 e. The monoisotopic (exact) mass is 297 g/mol. The Hall–Kier alpha value is -1.02. The van der Waals surface area contributed by atoms with Crippen LogP contribution >= 0.6 is 0 Å². The number of pyridine rings is 1. The van der Waals surface area contributed by atoms with Crippen molar-refractivity contribution in [3.63, 3.8) is 0 Å². The summed E-state index contributed by atoms with van der Waals surface area (Å²) in [6, 6.07) is 3.23. The SMILES string of the molecule is O=S(=O)(c1cccnc1)N1CCC2(CC1)CNCCO2. The highest BCUT2D eigenvalue weighted by atomic mass is 32.2. The highest BCUT2D eigenvalue weighted by Crippen LogP contribution is 2.30. The maximum absolute atomic E-state index is 12.5. The van der Waals surface area contributed by atoms with Gasteiger partial charge in [-0.15, -0.1) is 0 Å². The molecule has 20 heavy (non-hydrogen) atoms. The summed E-state index contributed by atoms with van der Waals surface area (Å²) in [5.74, 6) is 0. The third kappa shape index (κ3) is 2.58.